The molecule has 224 valence electrons. The van der Waals surface area contributed by atoms with Crippen LogP contribution < -0.4 is 5.32 Å². The van der Waals surface area contributed by atoms with Crippen molar-refractivity contribution in [2.24, 2.45) is 0 Å². The Bertz CT molecular complexity index is 2030. The van der Waals surface area contributed by atoms with Crippen LogP contribution in [0.1, 0.15) is 32.6 Å². The van der Waals surface area contributed by atoms with Crippen LogP contribution in [0.25, 0.3) is 32.9 Å². The fourth-order valence-electron chi connectivity index (χ4n) is 5.66. The van der Waals surface area contributed by atoms with E-state index in [0.29, 0.717) is 11.1 Å². The van der Waals surface area contributed by atoms with Gasteiger partial charge in [0.05, 0.1) is 16.8 Å². The first kappa shape index (κ1) is 31.3. The standard InChI is InChI=1S/C28H22N2O.2C7H7.Zr/c1-18-8-5-9-19(2)26(18)30-28(31)24-15-7-12-21-16-17-25(29-27(21)24)23-14-6-11-20-10-3-4-13-22(20)23;2*1-7-5-3-2-4-6-7;/h3-17H,1-2H3,(H,30,31);2*2-6H,1H2;. The minimum atomic E-state index is -0.258. The molecule has 0 saturated heterocycles. The van der Waals surface area contributed by atoms with Gasteiger partial charge in [0.25, 0.3) is 5.91 Å². The van der Waals surface area contributed by atoms with Crippen LogP contribution in [-0.2, 0) is 31.5 Å². The fraction of sp³-hybridized carbons (Fsp3) is 0.0952. The van der Waals surface area contributed by atoms with E-state index in [9.17, 15) is 4.79 Å². The van der Waals surface area contributed by atoms with E-state index in [-0.39, 0.29) is 29.1 Å². The van der Waals surface area contributed by atoms with Crippen LogP contribution in [-0.4, -0.2) is 10.9 Å². The Balaban J connectivity index is 0.000000208. The number of rotatable bonds is 7. The van der Waals surface area contributed by atoms with Crippen LogP contribution in [0.15, 0.2) is 152 Å². The number of carbonyl (C=O) groups excluding carboxylic acids is 1. The molecule has 0 atom stereocenters. The molecular weight excluding hydrogens is 640 g/mol. The third-order valence-electron chi connectivity index (χ3n) is 8.09. The Morgan fingerprint density at radius 2 is 1.15 bits per heavy atom. The van der Waals surface area contributed by atoms with Crippen molar-refractivity contribution in [3.05, 3.63) is 179 Å². The van der Waals surface area contributed by atoms with Crippen LogP contribution in [0.5, 0.6) is 0 Å². The van der Waals surface area contributed by atoms with Crippen LogP contribution in [0.3, 0.4) is 0 Å². The van der Waals surface area contributed by atoms with Gasteiger partial charge in [0.1, 0.15) is 0 Å². The summed E-state index contributed by atoms with van der Waals surface area (Å²) in [5, 5.41) is 6.36. The van der Waals surface area contributed by atoms with E-state index in [1.165, 1.54) is 24.8 Å². The van der Waals surface area contributed by atoms with Gasteiger partial charge in [0.2, 0.25) is 0 Å². The van der Waals surface area contributed by atoms with Crippen molar-refractivity contribution in [1.29, 1.82) is 0 Å². The zero-order valence-electron chi connectivity index (χ0n) is 26.2. The molecule has 7 rings (SSSR count). The number of hydrogen-bond acceptors (Lipinski definition) is 2. The molecule has 3 nitrogen and oxygen atoms in total. The number of anilines is 1. The van der Waals surface area contributed by atoms with Gasteiger partial charge >= 0.3 is 103 Å². The average Bonchev–Trinajstić information content (AvgIpc) is 3.10. The Morgan fingerprint density at radius 3 is 1.85 bits per heavy atom. The number of aryl methyl sites for hydroxylation is 2. The van der Waals surface area contributed by atoms with E-state index in [2.05, 4.69) is 90.2 Å². The zero-order chi connectivity index (χ0) is 31.7. The van der Waals surface area contributed by atoms with E-state index in [4.69, 9.17) is 4.98 Å². The topological polar surface area (TPSA) is 42.0 Å². The van der Waals surface area contributed by atoms with Gasteiger partial charge in [0.15, 0.2) is 0 Å². The number of amides is 1. The molecular formula is C42H36N2OZr. The van der Waals surface area contributed by atoms with E-state index in [1.807, 2.05) is 80.6 Å². The van der Waals surface area contributed by atoms with Crippen molar-refractivity contribution in [2.75, 3.05) is 5.32 Å². The van der Waals surface area contributed by atoms with Gasteiger partial charge in [-0.15, -0.1) is 0 Å². The molecule has 6 aromatic carbocycles. The average molecular weight is 676 g/mol. The van der Waals surface area contributed by atoms with E-state index in [0.717, 1.165) is 38.8 Å². The van der Waals surface area contributed by atoms with Crippen molar-refractivity contribution >= 4 is 33.3 Å². The van der Waals surface area contributed by atoms with Gasteiger partial charge < -0.3 is 5.32 Å². The van der Waals surface area contributed by atoms with Gasteiger partial charge in [-0.3, -0.25) is 4.79 Å². The second-order valence-corrected chi connectivity index (χ2v) is 14.4. The molecule has 0 aliphatic carbocycles. The molecule has 46 heavy (non-hydrogen) atoms. The molecule has 0 unspecified atom stereocenters. The van der Waals surface area contributed by atoms with Crippen molar-refractivity contribution in [3.8, 4) is 11.3 Å². The van der Waals surface area contributed by atoms with Crippen molar-refractivity contribution in [1.82, 2.24) is 4.98 Å². The summed E-state index contributed by atoms with van der Waals surface area (Å²) in [5.41, 5.74) is 9.16. The summed E-state index contributed by atoms with van der Waals surface area (Å²) in [6, 6.07) is 52.0. The van der Waals surface area contributed by atoms with Gasteiger partial charge in [-0.1, -0.05) is 78.9 Å². The number of fused-ring (bicyclic) bond motifs is 2. The second kappa shape index (κ2) is 15.1. The monoisotopic (exact) mass is 674 g/mol. The first-order valence-electron chi connectivity index (χ1n) is 15.6. The summed E-state index contributed by atoms with van der Waals surface area (Å²) in [4.78, 5) is 18.2. The molecule has 7 aromatic rings. The van der Waals surface area contributed by atoms with Gasteiger partial charge in [0, 0.05) is 16.6 Å². The first-order valence-corrected chi connectivity index (χ1v) is 19.1. The molecule has 1 aromatic heterocycles. The minimum absolute atomic E-state index is 0.148. The van der Waals surface area contributed by atoms with Crippen LogP contribution in [0, 0.1) is 13.8 Å². The number of aromatic nitrogens is 1. The van der Waals surface area contributed by atoms with Crippen LogP contribution >= 0.6 is 0 Å². The van der Waals surface area contributed by atoms with Crippen molar-refractivity contribution < 1.29 is 28.0 Å². The van der Waals surface area contributed by atoms with E-state index in [1.54, 1.807) is 0 Å². The molecule has 0 aliphatic heterocycles. The number of nitrogens with one attached hydrogen (secondary N) is 1. The Kier molecular flexibility index (Phi) is 10.3. The molecule has 1 N–H and O–H groups in total. The fourth-order valence-corrected chi connectivity index (χ4v) is 8.55. The summed E-state index contributed by atoms with van der Waals surface area (Å²) >= 11 is -0.258. The normalized spacial score (nSPS) is 10.7. The molecule has 1 heterocycles. The molecule has 0 bridgehead atoms. The number of nitrogens with zero attached hydrogens (tertiary/aromatic N) is 1. The maximum atomic E-state index is 13.2. The van der Waals surface area contributed by atoms with E-state index >= 15 is 0 Å². The molecule has 0 fully saturated rings. The third kappa shape index (κ3) is 7.58. The summed E-state index contributed by atoms with van der Waals surface area (Å²) < 4.78 is 2.69. The number of pyridine rings is 1. The predicted octanol–water partition coefficient (Wildman–Crippen LogP) is 10.4. The summed E-state index contributed by atoms with van der Waals surface area (Å²) in [6.45, 7) is 4.01. The molecule has 4 heteroatoms. The summed E-state index contributed by atoms with van der Waals surface area (Å²) in [5.74, 6) is -0.148. The van der Waals surface area contributed by atoms with Gasteiger partial charge in [-0.25, -0.2) is 4.98 Å². The first-order chi connectivity index (χ1) is 22.6. The van der Waals surface area contributed by atoms with Crippen molar-refractivity contribution in [3.63, 3.8) is 0 Å². The van der Waals surface area contributed by atoms with Crippen LogP contribution in [0.2, 0.25) is 0 Å². The summed E-state index contributed by atoms with van der Waals surface area (Å²) in [6.07, 6.45) is 0. The van der Waals surface area contributed by atoms with E-state index < -0.39 is 0 Å². The number of hydrogen-bond donors (Lipinski definition) is 1. The van der Waals surface area contributed by atoms with Crippen molar-refractivity contribution in [2.45, 2.75) is 22.1 Å². The number of benzene rings is 6. The Hall–Kier alpha value is -4.66. The maximum absolute atomic E-state index is 13.2. The Morgan fingerprint density at radius 1 is 0.587 bits per heavy atom. The van der Waals surface area contributed by atoms with Gasteiger partial charge in [-0.05, 0) is 47.9 Å². The number of carbonyl (C=O) groups is 1. The summed E-state index contributed by atoms with van der Waals surface area (Å²) in [7, 11) is 0. The molecule has 0 radical (unpaired) electrons. The Labute approximate surface area is 282 Å². The number of para-hydroxylation sites is 2. The van der Waals surface area contributed by atoms with Crippen LogP contribution in [0.4, 0.5) is 5.69 Å². The molecule has 0 spiro atoms. The molecule has 0 aliphatic rings. The van der Waals surface area contributed by atoms with Gasteiger partial charge in [-0.2, -0.15) is 0 Å². The quantitative estimate of drug-likeness (QED) is 0.183. The molecule has 1 amide bonds. The zero-order valence-corrected chi connectivity index (χ0v) is 28.7. The third-order valence-corrected chi connectivity index (χ3v) is 11.3. The molecule has 0 saturated carbocycles. The second-order valence-electron chi connectivity index (χ2n) is 11.4. The SMILES string of the molecule is Cc1cccc(C)c1NC(=O)c1cccc2ccc(-c3cccc4ccccc34)nc12.c1ccc([CH2][Zr][CH2]c2ccccc2)cc1. The predicted molar refractivity (Wildman–Crippen MR) is 189 cm³/mol.